The lowest BCUT2D eigenvalue weighted by Gasteiger charge is -2.16. The molecule has 0 spiro atoms. The Morgan fingerprint density at radius 1 is 0.225 bits per heavy atom. The number of hydrogen-bond acceptors (Lipinski definition) is 8. The molecule has 4 aromatic carbocycles. The van der Waals surface area contributed by atoms with Gasteiger partial charge in [-0.3, -0.25) is 20.0 Å². The maximum absolute atomic E-state index is 4.95. The second kappa shape index (κ2) is 27.8. The minimum absolute atomic E-state index is 0.392. The number of pyridine rings is 4. The standard InChI is InChI=1S/2C36H42N4/c2*1-23(2)29-15-11-16-30(24(3)4)35(29)37-21-27-13-9-19-33(39-27)34-20-10-14-28(40-34)22-38-36-31(25(5)6)17-12-18-32(36)26(7)8/h2*9-26H,1-8H3. The van der Waals surface area contributed by atoms with Gasteiger partial charge in [-0.05, 0) is 140 Å². The smallest absolute Gasteiger partial charge is 0.0894 e. The van der Waals surface area contributed by atoms with Gasteiger partial charge < -0.3 is 0 Å². The summed E-state index contributed by atoms with van der Waals surface area (Å²) >= 11 is 0. The molecule has 0 saturated heterocycles. The van der Waals surface area contributed by atoms with Crippen molar-refractivity contribution in [2.75, 3.05) is 0 Å². The number of aromatic nitrogens is 4. The van der Waals surface area contributed by atoms with Crippen LogP contribution in [0.15, 0.2) is 166 Å². The summed E-state index contributed by atoms with van der Waals surface area (Å²) in [7, 11) is 0. The highest BCUT2D eigenvalue weighted by atomic mass is 14.9. The molecular formula is C72H84N8. The summed E-state index contributed by atoms with van der Waals surface area (Å²) in [5, 5.41) is 0. The van der Waals surface area contributed by atoms with E-state index in [-0.39, 0.29) is 0 Å². The Labute approximate surface area is 479 Å². The molecule has 8 nitrogen and oxygen atoms in total. The Hall–Kier alpha value is -7.84. The molecule has 4 heterocycles. The van der Waals surface area contributed by atoms with E-state index in [9.17, 15) is 0 Å². The molecule has 8 rings (SSSR count). The first-order valence-corrected chi connectivity index (χ1v) is 28.9. The third-order valence-corrected chi connectivity index (χ3v) is 14.3. The number of para-hydroxylation sites is 4. The number of hydrogen-bond donors (Lipinski definition) is 0. The summed E-state index contributed by atoms with van der Waals surface area (Å²) in [6, 6.07) is 49.9. The summed E-state index contributed by atoms with van der Waals surface area (Å²) in [6.45, 7) is 35.4. The van der Waals surface area contributed by atoms with Gasteiger partial charge >= 0.3 is 0 Å². The Balaban J connectivity index is 0.000000231. The SMILES string of the molecule is CC(C)c1cccc(C(C)C)c1N=Cc1cccc(-c2cccc(C=Nc3c(C(C)C)cccc3C(C)C)n2)n1.CC(C)c1cccc(C(C)C)c1N=Cc1cccc(-c2cccc(C=Nc3c(C(C)C)cccc3C(C)C)n2)n1. The van der Waals surface area contributed by atoms with Crippen molar-refractivity contribution in [1.29, 1.82) is 0 Å². The van der Waals surface area contributed by atoms with Gasteiger partial charge in [0.15, 0.2) is 0 Å². The van der Waals surface area contributed by atoms with E-state index in [0.717, 1.165) is 68.3 Å². The molecule has 412 valence electrons. The van der Waals surface area contributed by atoms with Gasteiger partial charge in [-0.2, -0.15) is 0 Å². The maximum atomic E-state index is 4.95. The third kappa shape index (κ3) is 15.3. The van der Waals surface area contributed by atoms with E-state index in [2.05, 4.69) is 184 Å². The lowest BCUT2D eigenvalue weighted by atomic mass is 9.93. The molecule has 0 amide bonds. The average molecular weight is 1060 g/mol. The van der Waals surface area contributed by atoms with Crippen LogP contribution in [0.25, 0.3) is 22.8 Å². The topological polar surface area (TPSA) is 101 Å². The molecule has 8 aromatic rings. The van der Waals surface area contributed by atoms with Gasteiger partial charge in [0, 0.05) is 0 Å². The Kier molecular flexibility index (Phi) is 20.8. The fourth-order valence-corrected chi connectivity index (χ4v) is 9.83. The molecule has 0 aliphatic heterocycles. The fraction of sp³-hybridized carbons (Fsp3) is 0.333. The lowest BCUT2D eigenvalue weighted by Crippen LogP contribution is -1.98. The second-order valence-corrected chi connectivity index (χ2v) is 23.2. The van der Waals surface area contributed by atoms with Crippen molar-refractivity contribution in [2.45, 2.75) is 158 Å². The summed E-state index contributed by atoms with van der Waals surface area (Å²) in [5.74, 6) is 3.13. The van der Waals surface area contributed by atoms with E-state index in [1.807, 2.05) is 97.7 Å². The van der Waals surface area contributed by atoms with E-state index in [4.69, 9.17) is 39.9 Å². The summed E-state index contributed by atoms with van der Waals surface area (Å²) < 4.78 is 0. The molecule has 0 fully saturated rings. The Morgan fingerprint density at radius 3 is 0.525 bits per heavy atom. The van der Waals surface area contributed by atoms with Crippen LogP contribution in [0.5, 0.6) is 0 Å². The van der Waals surface area contributed by atoms with Crippen LogP contribution in [-0.4, -0.2) is 44.8 Å². The van der Waals surface area contributed by atoms with E-state index in [0.29, 0.717) is 47.3 Å². The van der Waals surface area contributed by atoms with Crippen LogP contribution in [-0.2, 0) is 0 Å². The molecule has 0 atom stereocenters. The van der Waals surface area contributed by atoms with Crippen molar-refractivity contribution in [3.8, 4) is 22.8 Å². The molecule has 0 radical (unpaired) electrons. The molecule has 8 heteroatoms. The first kappa shape index (κ1) is 59.8. The first-order chi connectivity index (χ1) is 38.3. The molecule has 80 heavy (non-hydrogen) atoms. The van der Waals surface area contributed by atoms with Crippen LogP contribution < -0.4 is 0 Å². The van der Waals surface area contributed by atoms with E-state index >= 15 is 0 Å². The second-order valence-electron chi connectivity index (χ2n) is 23.2. The highest BCUT2D eigenvalue weighted by Crippen LogP contribution is 2.38. The molecule has 0 aliphatic rings. The van der Waals surface area contributed by atoms with Gasteiger partial charge in [0.25, 0.3) is 0 Å². The third-order valence-electron chi connectivity index (χ3n) is 14.3. The van der Waals surface area contributed by atoms with Gasteiger partial charge in [-0.15, -0.1) is 0 Å². The lowest BCUT2D eigenvalue weighted by molar-refractivity contribution is 0.834. The van der Waals surface area contributed by atoms with Crippen LogP contribution >= 0.6 is 0 Å². The van der Waals surface area contributed by atoms with Crippen molar-refractivity contribution < 1.29 is 0 Å². The summed E-state index contributed by atoms with van der Waals surface area (Å²) in [4.78, 5) is 39.3. The van der Waals surface area contributed by atoms with E-state index in [1.54, 1.807) is 0 Å². The zero-order valence-electron chi connectivity index (χ0n) is 50.4. The normalized spacial score (nSPS) is 12.2. The van der Waals surface area contributed by atoms with Gasteiger partial charge in [0.05, 0.1) is 93.2 Å². The van der Waals surface area contributed by atoms with Gasteiger partial charge in [-0.25, -0.2) is 19.9 Å². The van der Waals surface area contributed by atoms with Crippen molar-refractivity contribution >= 4 is 47.6 Å². The minimum atomic E-state index is 0.392. The zero-order chi connectivity index (χ0) is 57.6. The largest absolute Gasteiger partial charge is 0.254 e. The van der Waals surface area contributed by atoms with Gasteiger partial charge in [0.2, 0.25) is 0 Å². The van der Waals surface area contributed by atoms with Crippen LogP contribution in [0.4, 0.5) is 22.7 Å². The van der Waals surface area contributed by atoms with Crippen molar-refractivity contribution in [3.63, 3.8) is 0 Å². The number of benzene rings is 4. The molecular weight excluding hydrogens is 977 g/mol. The summed E-state index contributed by atoms with van der Waals surface area (Å²) in [5.41, 5.74) is 20.7. The molecule has 4 aromatic heterocycles. The molecule has 0 N–H and O–H groups in total. The van der Waals surface area contributed by atoms with Gasteiger partial charge in [0.1, 0.15) is 0 Å². The predicted octanol–water partition coefficient (Wildman–Crippen LogP) is 20.3. The molecule has 0 aliphatic carbocycles. The number of aliphatic imine (C=N–C) groups is 4. The number of nitrogens with zero attached hydrogens (tertiary/aromatic N) is 8. The van der Waals surface area contributed by atoms with Crippen LogP contribution in [0, 0.1) is 0 Å². The van der Waals surface area contributed by atoms with Crippen LogP contribution in [0.2, 0.25) is 0 Å². The number of rotatable bonds is 18. The Bertz CT molecular complexity index is 2910. The van der Waals surface area contributed by atoms with Crippen molar-refractivity contribution in [2.24, 2.45) is 20.0 Å². The quantitative estimate of drug-likeness (QED) is 0.0799. The van der Waals surface area contributed by atoms with Crippen molar-refractivity contribution in [1.82, 2.24) is 19.9 Å². The predicted molar refractivity (Wildman–Crippen MR) is 342 cm³/mol. The van der Waals surface area contributed by atoms with E-state index in [1.165, 1.54) is 44.5 Å². The fourth-order valence-electron chi connectivity index (χ4n) is 9.83. The zero-order valence-corrected chi connectivity index (χ0v) is 50.4. The average Bonchev–Trinajstić information content (AvgIpc) is 3.44. The maximum Gasteiger partial charge on any atom is 0.0894 e. The Morgan fingerprint density at radius 2 is 0.375 bits per heavy atom. The first-order valence-electron chi connectivity index (χ1n) is 28.9. The molecule has 0 bridgehead atoms. The monoisotopic (exact) mass is 1060 g/mol. The summed E-state index contributed by atoms with van der Waals surface area (Å²) in [6.07, 6.45) is 7.49. The molecule has 0 saturated carbocycles. The molecule has 0 unspecified atom stereocenters. The highest BCUT2D eigenvalue weighted by Gasteiger charge is 2.17. The minimum Gasteiger partial charge on any atom is -0.254 e. The van der Waals surface area contributed by atoms with Crippen LogP contribution in [0.1, 0.15) is 225 Å². The van der Waals surface area contributed by atoms with E-state index < -0.39 is 0 Å². The van der Waals surface area contributed by atoms with Gasteiger partial charge in [-0.1, -0.05) is 208 Å². The van der Waals surface area contributed by atoms with Crippen molar-refractivity contribution in [3.05, 3.63) is 213 Å². The highest BCUT2D eigenvalue weighted by molar-refractivity contribution is 5.85. The van der Waals surface area contributed by atoms with Crippen LogP contribution in [0.3, 0.4) is 0 Å².